The number of nitrogens with zero attached hydrogens (tertiary/aromatic N) is 3. The first-order valence-electron chi connectivity index (χ1n) is 20.5. The molecule has 0 unspecified atom stereocenters. The zero-order valence-corrected chi connectivity index (χ0v) is 37.4. The Balaban J connectivity index is 1.05. The fourth-order valence-electron chi connectivity index (χ4n) is 8.82. The molecule has 0 spiro atoms. The third-order valence-corrected chi connectivity index (χ3v) is 14.1. The van der Waals surface area contributed by atoms with E-state index in [9.17, 15) is 9.59 Å². The summed E-state index contributed by atoms with van der Waals surface area (Å²) < 4.78 is 24.5. The molecule has 2 atom stereocenters. The Labute approximate surface area is 366 Å². The van der Waals surface area contributed by atoms with Gasteiger partial charge in [0.15, 0.2) is 23.0 Å². The molecule has 5 aromatic rings. The van der Waals surface area contributed by atoms with Gasteiger partial charge >= 0.3 is 0 Å². The Bertz CT molecular complexity index is 2480. The molecule has 0 aliphatic carbocycles. The molecule has 11 nitrogen and oxygen atoms in total. The fraction of sp³-hybridized carbons (Fsp3) is 0.333. The van der Waals surface area contributed by atoms with Crippen LogP contribution in [0.15, 0.2) is 91.0 Å². The maximum absolute atomic E-state index is 14.0. The van der Waals surface area contributed by atoms with Gasteiger partial charge in [-0.05, 0) is 105 Å². The van der Waals surface area contributed by atoms with Crippen LogP contribution in [0.3, 0.4) is 0 Å². The van der Waals surface area contributed by atoms with Gasteiger partial charge in [-0.2, -0.15) is 0 Å². The maximum atomic E-state index is 14.0. The van der Waals surface area contributed by atoms with Crippen LogP contribution in [-0.2, 0) is 26.1 Å². The number of ether oxygens (including phenoxy) is 4. The topological polar surface area (TPSA) is 119 Å². The van der Waals surface area contributed by atoms with Gasteiger partial charge in [-0.25, -0.2) is 0 Å². The Kier molecular flexibility index (Phi) is 12.0. The van der Waals surface area contributed by atoms with Gasteiger partial charge in [-0.15, -0.1) is 0 Å². The molecule has 13 heteroatoms. The molecule has 0 saturated heterocycles. The van der Waals surface area contributed by atoms with Crippen LogP contribution in [0.2, 0.25) is 0 Å². The van der Waals surface area contributed by atoms with Crippen molar-refractivity contribution in [3.8, 4) is 23.0 Å². The van der Waals surface area contributed by atoms with E-state index in [0.717, 1.165) is 53.1 Å². The fourth-order valence-corrected chi connectivity index (χ4v) is 11.0. The van der Waals surface area contributed by atoms with E-state index in [1.807, 2.05) is 70.0 Å². The highest BCUT2D eigenvalue weighted by atomic mass is 33.1. The Morgan fingerprint density at radius 1 is 0.852 bits per heavy atom. The number of nitrogens with two attached hydrogens (primary N) is 1. The summed E-state index contributed by atoms with van der Waals surface area (Å²) in [6.07, 6.45) is 3.68. The number of para-hydroxylation sites is 2. The number of nitrogen functional groups attached to an aromatic ring is 1. The maximum Gasteiger partial charge on any atom is 0.260 e. The van der Waals surface area contributed by atoms with Crippen molar-refractivity contribution in [1.29, 1.82) is 0 Å². The van der Waals surface area contributed by atoms with Gasteiger partial charge in [-0.1, -0.05) is 58.0 Å². The Morgan fingerprint density at radius 3 is 2.15 bits per heavy atom. The van der Waals surface area contributed by atoms with E-state index >= 15 is 0 Å². The summed E-state index contributed by atoms with van der Waals surface area (Å²) in [7, 11) is 8.83. The smallest absolute Gasteiger partial charge is 0.260 e. The summed E-state index contributed by atoms with van der Waals surface area (Å²) in [6, 6.07) is 29.4. The molecule has 0 aromatic heterocycles. The second-order valence-corrected chi connectivity index (χ2v) is 19.6. The van der Waals surface area contributed by atoms with Crippen molar-refractivity contribution >= 4 is 61.8 Å². The van der Waals surface area contributed by atoms with Crippen molar-refractivity contribution in [2.24, 2.45) is 0 Å². The van der Waals surface area contributed by atoms with Gasteiger partial charge < -0.3 is 44.7 Å². The second-order valence-electron chi connectivity index (χ2n) is 16.5. The van der Waals surface area contributed by atoms with Crippen LogP contribution in [0.1, 0.15) is 63.7 Å². The molecule has 3 heterocycles. The molecule has 8 rings (SSSR count). The minimum atomic E-state index is -0.178. The van der Waals surface area contributed by atoms with Gasteiger partial charge in [-0.3, -0.25) is 9.59 Å². The summed E-state index contributed by atoms with van der Waals surface area (Å²) in [5.74, 6) is 1.61. The third kappa shape index (κ3) is 8.50. The molecule has 5 aromatic carbocycles. The molecule has 0 saturated carbocycles. The lowest BCUT2D eigenvalue weighted by Gasteiger charge is -2.31. The summed E-state index contributed by atoms with van der Waals surface area (Å²) in [5, 5.41) is 3.53. The van der Waals surface area contributed by atoms with Gasteiger partial charge in [0.05, 0.1) is 37.1 Å². The van der Waals surface area contributed by atoms with Crippen molar-refractivity contribution in [3.63, 3.8) is 0 Å². The normalized spacial score (nSPS) is 16.5. The number of fused-ring (bicyclic) bond motifs is 5. The van der Waals surface area contributed by atoms with Crippen molar-refractivity contribution in [3.05, 3.63) is 124 Å². The number of anilines is 5. The molecule has 0 fully saturated rings. The highest BCUT2D eigenvalue weighted by Gasteiger charge is 2.38. The first-order valence-corrected chi connectivity index (χ1v) is 23.0. The quantitative estimate of drug-likeness (QED) is 0.0822. The number of benzene rings is 5. The average Bonchev–Trinajstić information content (AvgIpc) is 3.75. The number of hydrogen-bond acceptors (Lipinski definition) is 11. The number of hydrogen-bond donors (Lipinski definition) is 2. The van der Waals surface area contributed by atoms with E-state index in [4.69, 9.17) is 24.7 Å². The largest absolute Gasteiger partial charge is 0.493 e. The zero-order valence-electron chi connectivity index (χ0n) is 35.7. The van der Waals surface area contributed by atoms with Crippen LogP contribution in [0.4, 0.5) is 28.4 Å². The zero-order chi connectivity index (χ0) is 43.0. The Morgan fingerprint density at radius 2 is 1.48 bits per heavy atom. The summed E-state index contributed by atoms with van der Waals surface area (Å²) in [6.45, 7) is 8.36. The first kappa shape index (κ1) is 42.0. The summed E-state index contributed by atoms with van der Waals surface area (Å²) in [5.41, 5.74) is 15.5. The molecule has 0 bridgehead atoms. The molecular weight excluding hydrogens is 807 g/mol. The van der Waals surface area contributed by atoms with Crippen molar-refractivity contribution in [2.45, 2.75) is 63.7 Å². The molecule has 3 N–H and O–H groups in total. The van der Waals surface area contributed by atoms with E-state index in [2.05, 4.69) is 67.7 Å². The van der Waals surface area contributed by atoms with Crippen LogP contribution < -0.4 is 44.7 Å². The molecule has 0 radical (unpaired) electrons. The van der Waals surface area contributed by atoms with Crippen LogP contribution in [0, 0.1) is 0 Å². The predicted octanol–water partition coefficient (Wildman–Crippen LogP) is 9.26. The number of carbonyl (C=O) groups is 2. The molecule has 318 valence electrons. The highest BCUT2D eigenvalue weighted by Crippen LogP contribution is 2.42. The van der Waals surface area contributed by atoms with E-state index in [0.29, 0.717) is 52.0 Å². The lowest BCUT2D eigenvalue weighted by atomic mass is 10.1. The molecule has 61 heavy (non-hydrogen) atoms. The second kappa shape index (κ2) is 17.4. The summed E-state index contributed by atoms with van der Waals surface area (Å²) in [4.78, 5) is 34.0. The highest BCUT2D eigenvalue weighted by molar-refractivity contribution is 8.77. The van der Waals surface area contributed by atoms with E-state index in [1.54, 1.807) is 43.2 Å². The first-order chi connectivity index (χ1) is 29.4. The lowest BCUT2D eigenvalue weighted by molar-refractivity contribution is 0.0974. The number of amides is 2. The van der Waals surface area contributed by atoms with Crippen molar-refractivity contribution in [2.75, 3.05) is 66.4 Å². The van der Waals surface area contributed by atoms with Crippen molar-refractivity contribution in [1.82, 2.24) is 0 Å². The molecule has 3 aliphatic heterocycles. The molecular formula is C48H53N5O6S2. The van der Waals surface area contributed by atoms with Crippen LogP contribution in [0.25, 0.3) is 0 Å². The molecule has 2 amide bonds. The lowest BCUT2D eigenvalue weighted by Crippen LogP contribution is -2.39. The minimum Gasteiger partial charge on any atom is -0.493 e. The number of methoxy groups -OCH3 is 2. The summed E-state index contributed by atoms with van der Waals surface area (Å²) >= 11 is 0. The van der Waals surface area contributed by atoms with Crippen LogP contribution >= 0.6 is 21.6 Å². The minimum absolute atomic E-state index is 0.00452. The average molecular weight is 860 g/mol. The monoisotopic (exact) mass is 859 g/mol. The van der Waals surface area contributed by atoms with Crippen LogP contribution in [0.5, 0.6) is 23.0 Å². The SMILES string of the molecule is COc1cc(C(=O)N2c3ccccc3C[C@H]2C)c(N)cc1OCc1cc(COc2cc3c(cc2OC)C(=O)N2c4ccccc4C[C@H]2CN3)cc(N(C)CC(C)(C)SSC)c1. The number of rotatable bonds is 14. The van der Waals surface area contributed by atoms with Gasteiger partial charge in [0.25, 0.3) is 11.8 Å². The predicted molar refractivity (Wildman–Crippen MR) is 250 cm³/mol. The van der Waals surface area contributed by atoms with Gasteiger partial charge in [0, 0.05) is 65.8 Å². The number of carbonyl (C=O) groups excluding carboxylic acids is 2. The van der Waals surface area contributed by atoms with Crippen LogP contribution in [-0.4, -0.2) is 69.3 Å². The van der Waals surface area contributed by atoms with E-state index in [-0.39, 0.29) is 41.9 Å². The third-order valence-electron chi connectivity index (χ3n) is 11.5. The van der Waals surface area contributed by atoms with E-state index < -0.39 is 0 Å². The van der Waals surface area contributed by atoms with Crippen molar-refractivity contribution < 1.29 is 28.5 Å². The van der Waals surface area contributed by atoms with E-state index in [1.165, 1.54) is 5.56 Å². The van der Waals surface area contributed by atoms with Gasteiger partial charge in [0.1, 0.15) is 13.2 Å². The number of nitrogens with one attached hydrogen (secondary N) is 1. The van der Waals surface area contributed by atoms with Gasteiger partial charge in [0.2, 0.25) is 0 Å². The standard InChI is InChI=1S/C48H53N5O6S2/c1-29-16-32-12-8-10-14-40(32)52(29)46(54)36-21-42(56-5)44(23-38(36)49)58-26-30-17-31(19-34(18-30)51(4)28-48(2,3)61-60-7)27-59-45-24-39-37(22-43(45)57-6)47(55)53-35(25-50-39)20-33-13-9-11-15-41(33)53/h8-15,17-19,21-24,29,35,50H,16,20,25-28,49H2,1-7H3/t29-,35+/m1/s1. The molecule has 3 aliphatic rings. The Hall–Kier alpha value is -5.66.